The number of esters is 1. The molecule has 0 aliphatic carbocycles. The molecule has 196 valence electrons. The Labute approximate surface area is 225 Å². The first kappa shape index (κ1) is 26.3. The summed E-state index contributed by atoms with van der Waals surface area (Å²) in [6.45, 7) is 8.56. The Morgan fingerprint density at radius 3 is 2.80 bits per heavy atom. The highest BCUT2D eigenvalue weighted by Gasteiger charge is 2.71. The van der Waals surface area contributed by atoms with Gasteiger partial charge in [-0.3, -0.25) is 4.79 Å². The van der Waals surface area contributed by atoms with Gasteiger partial charge in [0.25, 0.3) is 0 Å². The van der Waals surface area contributed by atoms with E-state index < -0.39 is 11.4 Å². The van der Waals surface area contributed by atoms with Gasteiger partial charge < -0.3 is 33.2 Å². The molecule has 0 spiro atoms. The van der Waals surface area contributed by atoms with E-state index in [0.717, 1.165) is 16.4 Å². The SMILES string of the molecule is C=CCOC12COC3C4O[C@H]5CCC(CC(=O)OC)O[C@@H]5C3O[C@@](CCC(Cl)CC(=C)I)(C1)OC42. The molecule has 5 heterocycles. The summed E-state index contributed by atoms with van der Waals surface area (Å²) in [4.78, 5) is 11.9. The van der Waals surface area contributed by atoms with Crippen LogP contribution in [0.4, 0.5) is 0 Å². The fourth-order valence-corrected chi connectivity index (χ4v) is 7.37. The Bertz CT molecular complexity index is 842. The molecule has 0 aromatic heterocycles. The average molecular weight is 625 g/mol. The van der Waals surface area contributed by atoms with Crippen molar-refractivity contribution in [3.63, 3.8) is 0 Å². The van der Waals surface area contributed by atoms with Crippen LogP contribution in [0.5, 0.6) is 0 Å². The van der Waals surface area contributed by atoms with Gasteiger partial charge in [-0.2, -0.15) is 0 Å². The average Bonchev–Trinajstić information content (AvgIpc) is 3.13. The topological polar surface area (TPSA) is 81.7 Å². The molecule has 0 aromatic rings. The third-order valence-corrected chi connectivity index (χ3v) is 8.60. The first-order valence-electron chi connectivity index (χ1n) is 12.4. The Morgan fingerprint density at radius 2 is 2.06 bits per heavy atom. The van der Waals surface area contributed by atoms with Crippen molar-refractivity contribution in [1.29, 1.82) is 0 Å². The summed E-state index contributed by atoms with van der Waals surface area (Å²) in [5.74, 6) is -1.17. The lowest BCUT2D eigenvalue weighted by Gasteiger charge is -2.55. The monoisotopic (exact) mass is 624 g/mol. The van der Waals surface area contributed by atoms with Gasteiger partial charge >= 0.3 is 5.97 Å². The van der Waals surface area contributed by atoms with Gasteiger partial charge in [-0.1, -0.05) is 12.7 Å². The molecule has 0 radical (unpaired) electrons. The van der Waals surface area contributed by atoms with Crippen LogP contribution in [0.1, 0.15) is 44.9 Å². The fourth-order valence-electron chi connectivity index (χ4n) is 6.28. The summed E-state index contributed by atoms with van der Waals surface area (Å²) in [6.07, 6.45) is 3.82. The van der Waals surface area contributed by atoms with Crippen molar-refractivity contribution in [3.05, 3.63) is 22.8 Å². The van der Waals surface area contributed by atoms with Crippen LogP contribution in [0.2, 0.25) is 0 Å². The van der Waals surface area contributed by atoms with Gasteiger partial charge in [0.15, 0.2) is 5.79 Å². The quantitative estimate of drug-likeness (QED) is 0.157. The van der Waals surface area contributed by atoms with Crippen molar-refractivity contribution in [2.24, 2.45) is 0 Å². The Balaban J connectivity index is 1.41. The highest BCUT2D eigenvalue weighted by atomic mass is 127. The lowest BCUT2D eigenvalue weighted by atomic mass is 9.78. The number of rotatable bonds is 10. The zero-order chi connectivity index (χ0) is 24.8. The van der Waals surface area contributed by atoms with E-state index in [1.807, 2.05) is 0 Å². The minimum Gasteiger partial charge on any atom is -0.469 e. The highest BCUT2D eigenvalue weighted by Crippen LogP contribution is 2.56. The molecule has 5 bridgehead atoms. The van der Waals surface area contributed by atoms with E-state index in [0.29, 0.717) is 38.9 Å². The van der Waals surface area contributed by atoms with Gasteiger partial charge in [0, 0.05) is 18.2 Å². The molecule has 10 atom stereocenters. The van der Waals surface area contributed by atoms with Crippen LogP contribution in [-0.2, 0) is 38.0 Å². The van der Waals surface area contributed by atoms with Crippen LogP contribution in [0.25, 0.3) is 0 Å². The molecule has 0 N–H and O–H groups in total. The maximum absolute atomic E-state index is 11.9. The zero-order valence-electron chi connectivity index (χ0n) is 20.0. The molecule has 5 saturated heterocycles. The third-order valence-electron chi connectivity index (χ3n) is 7.78. The van der Waals surface area contributed by atoms with Crippen LogP contribution in [0, 0.1) is 0 Å². The summed E-state index contributed by atoms with van der Waals surface area (Å²) in [5, 5.41) is -0.0690. The van der Waals surface area contributed by atoms with Crippen molar-refractivity contribution in [2.75, 3.05) is 20.3 Å². The standard InChI is InChI=1S/C25H34ClIO8/c1-4-9-31-24-12-25(8-7-15(26)10-14(2)27)34-21-19-17(6-5-16(32-19)11-18(28)29-3)33-22(23(24)35-25)20(21)30-13-24/h4,15-17,19-23H,1-2,5-13H2,3H3/t15?,16?,17-,19-,20?,21?,22?,23?,24?,25+/m0/s1. The second kappa shape index (κ2) is 10.5. The first-order chi connectivity index (χ1) is 16.8. The maximum Gasteiger partial charge on any atom is 0.308 e. The van der Waals surface area contributed by atoms with Gasteiger partial charge in [-0.05, 0) is 51.9 Å². The number of hydrogen-bond donors (Lipinski definition) is 0. The van der Waals surface area contributed by atoms with Crippen LogP contribution in [-0.4, -0.2) is 85.8 Å². The van der Waals surface area contributed by atoms with Gasteiger partial charge in [0.2, 0.25) is 0 Å². The van der Waals surface area contributed by atoms with Crippen molar-refractivity contribution < 1.29 is 38.0 Å². The molecular weight excluding hydrogens is 591 g/mol. The molecule has 5 fully saturated rings. The smallest absolute Gasteiger partial charge is 0.308 e. The molecule has 0 aromatic carbocycles. The Morgan fingerprint density at radius 1 is 1.23 bits per heavy atom. The predicted molar refractivity (Wildman–Crippen MR) is 136 cm³/mol. The second-order valence-electron chi connectivity index (χ2n) is 10.2. The minimum absolute atomic E-state index is 0.0690. The zero-order valence-corrected chi connectivity index (χ0v) is 22.9. The van der Waals surface area contributed by atoms with E-state index in [1.54, 1.807) is 6.08 Å². The van der Waals surface area contributed by atoms with E-state index in [-0.39, 0.29) is 60.5 Å². The minimum atomic E-state index is -0.885. The third kappa shape index (κ3) is 5.08. The molecule has 10 heteroatoms. The van der Waals surface area contributed by atoms with E-state index in [2.05, 4.69) is 35.7 Å². The highest BCUT2D eigenvalue weighted by molar-refractivity contribution is 14.1. The number of carbonyl (C=O) groups is 1. The van der Waals surface area contributed by atoms with Crippen molar-refractivity contribution in [1.82, 2.24) is 0 Å². The number of allylic oxidation sites excluding steroid dienone is 1. The maximum atomic E-state index is 11.9. The van der Waals surface area contributed by atoms with Crippen molar-refractivity contribution in [3.8, 4) is 0 Å². The fraction of sp³-hybridized carbons (Fsp3) is 0.800. The Hall–Kier alpha value is -0.270. The Kier molecular flexibility index (Phi) is 7.88. The summed E-state index contributed by atoms with van der Waals surface area (Å²) >= 11 is 8.84. The number of carbonyl (C=O) groups excluding carboxylic acids is 1. The summed E-state index contributed by atoms with van der Waals surface area (Å²) in [5.41, 5.74) is -0.676. The largest absolute Gasteiger partial charge is 0.469 e. The van der Waals surface area contributed by atoms with Crippen LogP contribution >= 0.6 is 34.2 Å². The van der Waals surface area contributed by atoms with E-state index in [1.165, 1.54) is 7.11 Å². The number of halogens is 2. The predicted octanol–water partition coefficient (Wildman–Crippen LogP) is 3.82. The molecule has 0 saturated carbocycles. The molecule has 8 nitrogen and oxygen atoms in total. The number of alkyl halides is 1. The molecule has 5 aliphatic rings. The first-order valence-corrected chi connectivity index (χ1v) is 13.9. The number of hydrogen-bond acceptors (Lipinski definition) is 8. The summed E-state index contributed by atoms with van der Waals surface area (Å²) in [7, 11) is 1.39. The number of ether oxygens (including phenoxy) is 7. The summed E-state index contributed by atoms with van der Waals surface area (Å²) < 4.78 is 45.1. The van der Waals surface area contributed by atoms with Gasteiger partial charge in [-0.15, -0.1) is 18.2 Å². The van der Waals surface area contributed by atoms with E-state index in [4.69, 9.17) is 44.8 Å². The van der Waals surface area contributed by atoms with Crippen LogP contribution in [0.3, 0.4) is 0 Å². The van der Waals surface area contributed by atoms with E-state index in [9.17, 15) is 4.79 Å². The lowest BCUT2D eigenvalue weighted by molar-refractivity contribution is -0.333. The molecular formula is C25H34ClIO8. The second-order valence-corrected chi connectivity index (χ2v) is 12.4. The molecule has 5 aliphatic heterocycles. The van der Waals surface area contributed by atoms with Crippen molar-refractivity contribution >= 4 is 40.2 Å². The van der Waals surface area contributed by atoms with Crippen LogP contribution in [0.15, 0.2) is 22.8 Å². The number of methoxy groups -OCH3 is 1. The van der Waals surface area contributed by atoms with Crippen LogP contribution < -0.4 is 0 Å². The van der Waals surface area contributed by atoms with Crippen molar-refractivity contribution in [2.45, 2.75) is 104 Å². The summed E-state index contributed by atoms with van der Waals surface area (Å²) in [6, 6.07) is 0. The molecule has 35 heavy (non-hydrogen) atoms. The normalized spacial score (nSPS) is 44.3. The van der Waals surface area contributed by atoms with Gasteiger partial charge in [0.05, 0.1) is 39.0 Å². The van der Waals surface area contributed by atoms with E-state index >= 15 is 0 Å². The lowest BCUT2D eigenvalue weighted by Crippen LogP contribution is -2.71. The van der Waals surface area contributed by atoms with Gasteiger partial charge in [-0.25, -0.2) is 0 Å². The molecule has 5 rings (SSSR count). The number of fused-ring (bicyclic) bond motifs is 3. The molecule has 7 unspecified atom stereocenters. The molecule has 0 amide bonds. The van der Waals surface area contributed by atoms with Gasteiger partial charge in [0.1, 0.15) is 36.1 Å².